The summed E-state index contributed by atoms with van der Waals surface area (Å²) in [5.41, 5.74) is 4.99. The van der Waals surface area contributed by atoms with E-state index in [4.69, 9.17) is 5.73 Å². The highest BCUT2D eigenvalue weighted by Crippen LogP contribution is 2.32. The van der Waals surface area contributed by atoms with Crippen LogP contribution in [-0.2, 0) is 4.79 Å². The van der Waals surface area contributed by atoms with E-state index in [1.807, 2.05) is 0 Å². The lowest BCUT2D eigenvalue weighted by Crippen LogP contribution is -2.31. The van der Waals surface area contributed by atoms with Gasteiger partial charge in [0.25, 0.3) is 0 Å². The van der Waals surface area contributed by atoms with Gasteiger partial charge in [-0.25, -0.2) is 0 Å². The number of carbonyl (C=O) groups excluding carboxylic acids is 1. The lowest BCUT2D eigenvalue weighted by molar-refractivity contribution is -0.117. The van der Waals surface area contributed by atoms with Crippen LogP contribution < -0.4 is 11.1 Å². The van der Waals surface area contributed by atoms with Crippen molar-refractivity contribution in [1.82, 2.24) is 5.32 Å². The lowest BCUT2D eigenvalue weighted by Gasteiger charge is -2.10. The van der Waals surface area contributed by atoms with Crippen LogP contribution in [0.2, 0.25) is 0 Å². The Kier molecular flexibility index (Phi) is 2.88. The van der Waals surface area contributed by atoms with Gasteiger partial charge in [-0.3, -0.25) is 4.79 Å². The molecule has 3 nitrogen and oxygen atoms in total. The van der Waals surface area contributed by atoms with Crippen LogP contribution in [0.25, 0.3) is 0 Å². The minimum Gasteiger partial charge on any atom is -0.370 e. The molecule has 0 aromatic rings. The maximum Gasteiger partial charge on any atom is 0.218 e. The Bertz CT molecular complexity index is 143. The van der Waals surface area contributed by atoms with Crippen LogP contribution >= 0.6 is 0 Å². The molecule has 1 fully saturated rings. The fraction of sp³-hybridized carbons (Fsp3) is 0.875. The van der Waals surface area contributed by atoms with Gasteiger partial charge in [0.05, 0.1) is 0 Å². The highest BCUT2D eigenvalue weighted by Gasteiger charge is 2.27. The van der Waals surface area contributed by atoms with Crippen LogP contribution in [0, 0.1) is 5.92 Å². The van der Waals surface area contributed by atoms with Gasteiger partial charge in [-0.05, 0) is 25.7 Å². The summed E-state index contributed by atoms with van der Waals surface area (Å²) in [5, 5.41) is 3.28. The van der Waals surface area contributed by atoms with E-state index in [2.05, 4.69) is 12.2 Å². The van der Waals surface area contributed by atoms with E-state index in [9.17, 15) is 4.79 Å². The summed E-state index contributed by atoms with van der Waals surface area (Å²) >= 11 is 0. The third kappa shape index (κ3) is 3.37. The maximum absolute atomic E-state index is 10.3. The van der Waals surface area contributed by atoms with E-state index in [0.717, 1.165) is 12.5 Å². The monoisotopic (exact) mass is 156 g/mol. The molecule has 64 valence electrons. The molecule has 1 atom stereocenters. The average molecular weight is 156 g/mol. The quantitative estimate of drug-likeness (QED) is 0.599. The number of amides is 1. The first kappa shape index (κ1) is 8.53. The second kappa shape index (κ2) is 3.72. The van der Waals surface area contributed by atoms with Crippen molar-refractivity contribution < 1.29 is 4.79 Å². The summed E-state index contributed by atoms with van der Waals surface area (Å²) in [6.45, 7) is 2.89. The number of carbonyl (C=O) groups is 1. The van der Waals surface area contributed by atoms with E-state index in [0.29, 0.717) is 12.5 Å². The van der Waals surface area contributed by atoms with Crippen LogP contribution in [0.1, 0.15) is 26.2 Å². The van der Waals surface area contributed by atoms with Crippen molar-refractivity contribution in [1.29, 1.82) is 0 Å². The first-order valence-electron chi connectivity index (χ1n) is 4.22. The molecule has 1 rings (SSSR count). The van der Waals surface area contributed by atoms with Crippen molar-refractivity contribution in [3.05, 3.63) is 0 Å². The maximum atomic E-state index is 10.3. The molecule has 3 N–H and O–H groups in total. The minimum atomic E-state index is -0.222. The molecular formula is C8H16N2O. The van der Waals surface area contributed by atoms with Crippen molar-refractivity contribution >= 4 is 5.91 Å². The number of primary amides is 1. The Balaban J connectivity index is 1.97. The smallest absolute Gasteiger partial charge is 0.218 e. The molecule has 0 heterocycles. The molecule has 0 bridgehead atoms. The molecule has 0 aromatic carbocycles. The highest BCUT2D eigenvalue weighted by atomic mass is 16.1. The van der Waals surface area contributed by atoms with Crippen LogP contribution in [0.3, 0.4) is 0 Å². The van der Waals surface area contributed by atoms with Crippen LogP contribution in [0.4, 0.5) is 0 Å². The topological polar surface area (TPSA) is 55.1 Å². The van der Waals surface area contributed by atoms with Gasteiger partial charge in [-0.15, -0.1) is 0 Å². The molecule has 0 radical (unpaired) electrons. The van der Waals surface area contributed by atoms with E-state index < -0.39 is 0 Å². The van der Waals surface area contributed by atoms with Gasteiger partial charge in [-0.2, -0.15) is 0 Å². The first-order chi connectivity index (χ1) is 5.20. The number of nitrogens with one attached hydrogen (secondary N) is 1. The van der Waals surface area contributed by atoms with E-state index in [1.54, 1.807) is 0 Å². The molecular weight excluding hydrogens is 140 g/mol. The van der Waals surface area contributed by atoms with Gasteiger partial charge in [0.15, 0.2) is 0 Å². The van der Waals surface area contributed by atoms with Gasteiger partial charge in [-0.1, -0.05) is 0 Å². The zero-order valence-electron chi connectivity index (χ0n) is 6.97. The highest BCUT2D eigenvalue weighted by molar-refractivity contribution is 5.73. The van der Waals surface area contributed by atoms with Crippen molar-refractivity contribution in [2.45, 2.75) is 32.2 Å². The Morgan fingerprint density at radius 3 is 2.82 bits per heavy atom. The third-order valence-corrected chi connectivity index (χ3v) is 2.17. The molecule has 11 heavy (non-hydrogen) atoms. The van der Waals surface area contributed by atoms with Gasteiger partial charge in [0.1, 0.15) is 0 Å². The van der Waals surface area contributed by atoms with Gasteiger partial charge < -0.3 is 11.1 Å². The standard InChI is InChI=1S/C8H16N2O/c1-6(7-2-3-7)10-5-4-8(9)11/h6-7,10H,2-5H2,1H3,(H2,9,11). The summed E-state index contributed by atoms with van der Waals surface area (Å²) in [5.74, 6) is 0.628. The average Bonchev–Trinajstić information content (AvgIpc) is 2.66. The zero-order chi connectivity index (χ0) is 8.27. The molecule has 0 aliphatic heterocycles. The van der Waals surface area contributed by atoms with Crippen molar-refractivity contribution in [2.24, 2.45) is 11.7 Å². The Hall–Kier alpha value is -0.570. The third-order valence-electron chi connectivity index (χ3n) is 2.17. The molecule has 3 heteroatoms. The summed E-state index contributed by atoms with van der Waals surface area (Å²) in [6.07, 6.45) is 3.13. The van der Waals surface area contributed by atoms with Gasteiger partial charge >= 0.3 is 0 Å². The summed E-state index contributed by atoms with van der Waals surface area (Å²) < 4.78 is 0. The molecule has 1 aliphatic rings. The SMILES string of the molecule is CC(NCCC(N)=O)C1CC1. The van der Waals surface area contributed by atoms with Gasteiger partial charge in [0.2, 0.25) is 5.91 Å². The predicted octanol–water partition coefficient (Wildman–Crippen LogP) is 0.250. The van der Waals surface area contributed by atoms with E-state index in [-0.39, 0.29) is 5.91 Å². The van der Waals surface area contributed by atoms with E-state index >= 15 is 0 Å². The van der Waals surface area contributed by atoms with Crippen molar-refractivity contribution in [2.75, 3.05) is 6.54 Å². The Morgan fingerprint density at radius 2 is 2.36 bits per heavy atom. The fourth-order valence-corrected chi connectivity index (χ4v) is 1.19. The normalized spacial score (nSPS) is 19.7. The lowest BCUT2D eigenvalue weighted by atomic mass is 10.2. The molecule has 0 aromatic heterocycles. The first-order valence-corrected chi connectivity index (χ1v) is 4.22. The summed E-state index contributed by atoms with van der Waals surface area (Å²) in [7, 11) is 0. The second-order valence-corrected chi connectivity index (χ2v) is 3.30. The van der Waals surface area contributed by atoms with Crippen LogP contribution in [0.5, 0.6) is 0 Å². The zero-order valence-corrected chi connectivity index (χ0v) is 6.97. The summed E-state index contributed by atoms with van der Waals surface area (Å²) in [4.78, 5) is 10.3. The van der Waals surface area contributed by atoms with Gasteiger partial charge in [0, 0.05) is 19.0 Å². The molecule has 1 saturated carbocycles. The molecule has 0 spiro atoms. The molecule has 1 aliphatic carbocycles. The predicted molar refractivity (Wildman–Crippen MR) is 44.0 cm³/mol. The Labute approximate surface area is 67.3 Å². The molecule has 0 saturated heterocycles. The number of rotatable bonds is 5. The van der Waals surface area contributed by atoms with Crippen LogP contribution in [0.15, 0.2) is 0 Å². The number of nitrogens with two attached hydrogens (primary N) is 1. The van der Waals surface area contributed by atoms with E-state index in [1.165, 1.54) is 12.8 Å². The molecule has 1 amide bonds. The number of hydrogen-bond donors (Lipinski definition) is 2. The fourth-order valence-electron chi connectivity index (χ4n) is 1.19. The Morgan fingerprint density at radius 1 is 1.73 bits per heavy atom. The molecule has 1 unspecified atom stereocenters. The van der Waals surface area contributed by atoms with Crippen molar-refractivity contribution in [3.63, 3.8) is 0 Å². The minimum absolute atomic E-state index is 0.222. The largest absolute Gasteiger partial charge is 0.370 e. The van der Waals surface area contributed by atoms with Crippen molar-refractivity contribution in [3.8, 4) is 0 Å². The van der Waals surface area contributed by atoms with Crippen LogP contribution in [-0.4, -0.2) is 18.5 Å². The summed E-state index contributed by atoms with van der Waals surface area (Å²) in [6, 6.07) is 0.564. The number of hydrogen-bond acceptors (Lipinski definition) is 2. The second-order valence-electron chi connectivity index (χ2n) is 3.30.